The molecule has 3 rings (SSSR count). The van der Waals surface area contributed by atoms with Crippen LogP contribution in [-0.2, 0) is 0 Å². The standard InChI is InChI=1S/C18H15F3N2O2/c1-12-11-17(25,18(19,20)21)23(22-12)16(24)15-9-7-14(8-10-15)13-5-3-2-4-6-13/h2-10,25H,11H2,1H3/t17-/m0/s1. The molecule has 1 N–H and O–H groups in total. The van der Waals surface area contributed by atoms with Gasteiger partial charge in [-0.05, 0) is 30.2 Å². The van der Waals surface area contributed by atoms with Crippen molar-refractivity contribution in [2.75, 3.05) is 0 Å². The maximum Gasteiger partial charge on any atom is 0.438 e. The molecule has 0 saturated carbocycles. The van der Waals surface area contributed by atoms with Crippen molar-refractivity contribution in [3.63, 3.8) is 0 Å². The predicted molar refractivity (Wildman–Crippen MR) is 86.8 cm³/mol. The summed E-state index contributed by atoms with van der Waals surface area (Å²) in [5.41, 5.74) is -1.52. The van der Waals surface area contributed by atoms with Gasteiger partial charge >= 0.3 is 6.18 Å². The molecule has 1 aliphatic rings. The van der Waals surface area contributed by atoms with Crippen molar-refractivity contribution < 1.29 is 23.1 Å². The molecule has 1 atom stereocenters. The number of aliphatic hydroxyl groups is 1. The maximum atomic E-state index is 13.2. The zero-order valence-electron chi connectivity index (χ0n) is 13.3. The molecule has 4 nitrogen and oxygen atoms in total. The first-order chi connectivity index (χ1) is 11.7. The van der Waals surface area contributed by atoms with E-state index in [1.165, 1.54) is 19.1 Å². The van der Waals surface area contributed by atoms with Gasteiger partial charge in [0.25, 0.3) is 11.6 Å². The van der Waals surface area contributed by atoms with Gasteiger partial charge in [0.2, 0.25) is 0 Å². The van der Waals surface area contributed by atoms with Gasteiger partial charge in [0.15, 0.2) is 0 Å². The predicted octanol–water partition coefficient (Wildman–Crippen LogP) is 3.83. The first-order valence-corrected chi connectivity index (χ1v) is 7.55. The lowest BCUT2D eigenvalue weighted by Gasteiger charge is -2.32. The number of alkyl halides is 3. The molecule has 1 amide bonds. The summed E-state index contributed by atoms with van der Waals surface area (Å²) in [5.74, 6) is -1.00. The highest BCUT2D eigenvalue weighted by molar-refractivity contribution is 5.98. The third-order valence-corrected chi connectivity index (χ3v) is 4.01. The molecular weight excluding hydrogens is 333 g/mol. The van der Waals surface area contributed by atoms with Crippen LogP contribution in [0.2, 0.25) is 0 Å². The van der Waals surface area contributed by atoms with Crippen molar-refractivity contribution in [1.82, 2.24) is 5.01 Å². The summed E-state index contributed by atoms with van der Waals surface area (Å²) in [6.07, 6.45) is -5.77. The van der Waals surface area contributed by atoms with Crippen LogP contribution in [0, 0.1) is 0 Å². The third kappa shape index (κ3) is 3.02. The van der Waals surface area contributed by atoms with Crippen LogP contribution in [0.3, 0.4) is 0 Å². The van der Waals surface area contributed by atoms with E-state index in [0.717, 1.165) is 11.1 Å². The normalized spacial score (nSPS) is 20.5. The molecule has 0 spiro atoms. The van der Waals surface area contributed by atoms with Gasteiger partial charge in [-0.25, -0.2) is 0 Å². The Morgan fingerprint density at radius 1 is 1.08 bits per heavy atom. The number of nitrogens with zero attached hydrogens (tertiary/aromatic N) is 2. The van der Waals surface area contributed by atoms with E-state index in [4.69, 9.17) is 0 Å². The van der Waals surface area contributed by atoms with Crippen LogP contribution in [0.25, 0.3) is 11.1 Å². The molecule has 0 saturated heterocycles. The topological polar surface area (TPSA) is 52.9 Å². The quantitative estimate of drug-likeness (QED) is 0.897. The van der Waals surface area contributed by atoms with Crippen LogP contribution in [0.5, 0.6) is 0 Å². The number of rotatable bonds is 2. The number of carbonyl (C=O) groups excluding carboxylic acids is 1. The molecule has 0 aromatic heterocycles. The number of carbonyl (C=O) groups is 1. The highest BCUT2D eigenvalue weighted by atomic mass is 19.4. The van der Waals surface area contributed by atoms with Crippen molar-refractivity contribution in [3.8, 4) is 11.1 Å². The van der Waals surface area contributed by atoms with Crippen molar-refractivity contribution in [2.45, 2.75) is 25.2 Å². The molecule has 0 bridgehead atoms. The van der Waals surface area contributed by atoms with Crippen LogP contribution < -0.4 is 0 Å². The summed E-state index contributed by atoms with van der Waals surface area (Å²) in [7, 11) is 0. The number of hydrogen-bond donors (Lipinski definition) is 1. The van der Waals surface area contributed by atoms with E-state index in [1.807, 2.05) is 30.3 Å². The van der Waals surface area contributed by atoms with E-state index in [-0.39, 0.29) is 16.3 Å². The number of halogens is 3. The van der Waals surface area contributed by atoms with E-state index in [0.29, 0.717) is 0 Å². The van der Waals surface area contributed by atoms with Crippen molar-refractivity contribution in [3.05, 3.63) is 60.2 Å². The Balaban J connectivity index is 1.90. The Morgan fingerprint density at radius 3 is 2.20 bits per heavy atom. The van der Waals surface area contributed by atoms with Gasteiger partial charge in [-0.1, -0.05) is 42.5 Å². The van der Waals surface area contributed by atoms with E-state index in [1.54, 1.807) is 12.1 Å². The van der Waals surface area contributed by atoms with E-state index in [2.05, 4.69) is 5.10 Å². The van der Waals surface area contributed by atoms with Crippen LogP contribution in [0.1, 0.15) is 23.7 Å². The minimum absolute atomic E-state index is 0.0146. The van der Waals surface area contributed by atoms with Gasteiger partial charge < -0.3 is 5.11 Å². The number of amides is 1. The minimum atomic E-state index is -5.01. The van der Waals surface area contributed by atoms with Gasteiger partial charge in [0.1, 0.15) is 0 Å². The largest absolute Gasteiger partial charge is 0.438 e. The molecule has 1 aliphatic heterocycles. The molecule has 2 aromatic rings. The monoisotopic (exact) mass is 348 g/mol. The summed E-state index contributed by atoms with van der Waals surface area (Å²) in [4.78, 5) is 12.5. The summed E-state index contributed by atoms with van der Waals surface area (Å²) >= 11 is 0. The lowest BCUT2D eigenvalue weighted by Crippen LogP contribution is -2.56. The fourth-order valence-electron chi connectivity index (χ4n) is 2.71. The van der Waals surface area contributed by atoms with Crippen LogP contribution in [-0.4, -0.2) is 33.6 Å². The van der Waals surface area contributed by atoms with Gasteiger partial charge in [-0.2, -0.15) is 23.3 Å². The fourth-order valence-corrected chi connectivity index (χ4v) is 2.71. The van der Waals surface area contributed by atoms with Crippen molar-refractivity contribution in [1.29, 1.82) is 0 Å². The van der Waals surface area contributed by atoms with Gasteiger partial charge in [0, 0.05) is 17.7 Å². The highest BCUT2D eigenvalue weighted by Crippen LogP contribution is 2.40. The SMILES string of the molecule is CC1=NN(C(=O)c2ccc(-c3ccccc3)cc2)[C@@](O)(C(F)(F)F)C1. The molecule has 0 radical (unpaired) electrons. The van der Waals surface area contributed by atoms with Gasteiger partial charge in [-0.3, -0.25) is 4.79 Å². The van der Waals surface area contributed by atoms with E-state index in [9.17, 15) is 23.1 Å². The Morgan fingerprint density at radius 2 is 1.64 bits per heavy atom. The lowest BCUT2D eigenvalue weighted by atomic mass is 10.0. The number of benzene rings is 2. The van der Waals surface area contributed by atoms with Crippen LogP contribution in [0.15, 0.2) is 59.7 Å². The Kier molecular flexibility index (Phi) is 4.12. The first kappa shape index (κ1) is 17.2. The average molecular weight is 348 g/mol. The zero-order chi connectivity index (χ0) is 18.2. The molecule has 0 fully saturated rings. The Hall–Kier alpha value is -2.67. The second-order valence-electron chi connectivity index (χ2n) is 5.89. The number of hydrazone groups is 1. The minimum Gasteiger partial charge on any atom is -0.362 e. The number of hydrogen-bond acceptors (Lipinski definition) is 3. The molecule has 25 heavy (non-hydrogen) atoms. The smallest absolute Gasteiger partial charge is 0.362 e. The highest BCUT2D eigenvalue weighted by Gasteiger charge is 2.62. The molecule has 0 aliphatic carbocycles. The second kappa shape index (κ2) is 6.00. The molecular formula is C18H15F3N2O2. The van der Waals surface area contributed by atoms with Crippen molar-refractivity contribution >= 4 is 11.6 Å². The first-order valence-electron chi connectivity index (χ1n) is 7.55. The summed E-state index contributed by atoms with van der Waals surface area (Å²) in [6.45, 7) is 1.34. The summed E-state index contributed by atoms with van der Waals surface area (Å²) in [6, 6.07) is 15.5. The summed E-state index contributed by atoms with van der Waals surface area (Å²) < 4.78 is 39.6. The van der Waals surface area contributed by atoms with Crippen molar-refractivity contribution in [2.24, 2.45) is 5.10 Å². The molecule has 0 unspecified atom stereocenters. The van der Waals surface area contributed by atoms with E-state index >= 15 is 0 Å². The van der Waals surface area contributed by atoms with Gasteiger partial charge in [0.05, 0.1) is 0 Å². The Labute approximate surface area is 142 Å². The third-order valence-electron chi connectivity index (χ3n) is 4.01. The lowest BCUT2D eigenvalue weighted by molar-refractivity contribution is -0.297. The Bertz CT molecular complexity index is 816. The molecule has 2 aromatic carbocycles. The zero-order valence-corrected chi connectivity index (χ0v) is 13.3. The van der Waals surface area contributed by atoms with Gasteiger partial charge in [-0.15, -0.1) is 0 Å². The molecule has 7 heteroatoms. The van der Waals surface area contributed by atoms with E-state index < -0.39 is 24.2 Å². The average Bonchev–Trinajstić information content (AvgIpc) is 2.91. The second-order valence-corrected chi connectivity index (χ2v) is 5.89. The summed E-state index contributed by atoms with van der Waals surface area (Å²) in [5, 5.41) is 13.7. The van der Waals surface area contributed by atoms with Crippen LogP contribution >= 0.6 is 0 Å². The van der Waals surface area contributed by atoms with Crippen LogP contribution in [0.4, 0.5) is 13.2 Å². The molecule has 1 heterocycles. The molecule has 130 valence electrons. The maximum absolute atomic E-state index is 13.2. The fraction of sp³-hybridized carbons (Fsp3) is 0.222.